The molecule has 0 aromatic carbocycles. The minimum absolute atomic E-state index is 0.0662. The summed E-state index contributed by atoms with van der Waals surface area (Å²) in [6.07, 6.45) is 1.16. The summed E-state index contributed by atoms with van der Waals surface area (Å²) in [6, 6.07) is 4.65. The Bertz CT molecular complexity index is 1110. The zero-order chi connectivity index (χ0) is 27.3. The minimum atomic E-state index is -1.11. The van der Waals surface area contributed by atoms with Crippen molar-refractivity contribution in [1.82, 2.24) is 20.3 Å². The van der Waals surface area contributed by atoms with Gasteiger partial charge in [-0.05, 0) is 52.7 Å². The third-order valence-corrected chi connectivity index (χ3v) is 6.46. The molecule has 1 fully saturated rings. The van der Waals surface area contributed by atoms with E-state index in [2.05, 4.69) is 25.2 Å². The van der Waals surface area contributed by atoms with Crippen LogP contribution < -0.4 is 26.4 Å². The predicted octanol–water partition coefficient (Wildman–Crippen LogP) is 1.24. The van der Waals surface area contributed by atoms with Crippen LogP contribution in [0, 0.1) is 0 Å². The zero-order valence-electron chi connectivity index (χ0n) is 22.0. The van der Waals surface area contributed by atoms with Crippen molar-refractivity contribution in [2.45, 2.75) is 64.2 Å². The van der Waals surface area contributed by atoms with E-state index in [-0.39, 0.29) is 35.1 Å². The molecule has 1 aliphatic rings. The minimum Gasteiger partial charge on any atom is -0.458 e. The van der Waals surface area contributed by atoms with Gasteiger partial charge >= 0.3 is 6.01 Å². The number of piperidine rings is 1. The average Bonchev–Trinajstić information content (AvgIpc) is 2.83. The third-order valence-electron chi connectivity index (χ3n) is 6.46. The molecule has 12 nitrogen and oxygen atoms in total. The lowest BCUT2D eigenvalue weighted by Crippen LogP contribution is -2.47. The molecule has 6 N–H and O–H groups in total. The van der Waals surface area contributed by atoms with Gasteiger partial charge in [0.2, 0.25) is 0 Å². The van der Waals surface area contributed by atoms with Crippen LogP contribution in [0.4, 0.5) is 11.5 Å². The van der Waals surface area contributed by atoms with Crippen molar-refractivity contribution >= 4 is 23.3 Å². The van der Waals surface area contributed by atoms with Gasteiger partial charge in [0.15, 0.2) is 5.69 Å². The maximum Gasteiger partial charge on any atom is 0.319 e. The maximum absolute atomic E-state index is 13.0. The molecular formula is C25H37N7O5. The molecule has 3 rings (SSSR count). The zero-order valence-corrected chi connectivity index (χ0v) is 22.0. The number of anilines is 2. The van der Waals surface area contributed by atoms with Gasteiger partial charge in [-0.15, -0.1) is 0 Å². The number of carbonyl (C=O) groups excluding carboxylic acids is 2. The van der Waals surface area contributed by atoms with Crippen LogP contribution in [0.25, 0.3) is 0 Å². The molecular weight excluding hydrogens is 478 g/mol. The number of hydrogen-bond donors (Lipinski definition) is 4. The van der Waals surface area contributed by atoms with E-state index in [0.29, 0.717) is 25.5 Å². The van der Waals surface area contributed by atoms with Gasteiger partial charge in [-0.2, -0.15) is 9.97 Å². The van der Waals surface area contributed by atoms with Crippen LogP contribution in [0.3, 0.4) is 0 Å². The smallest absolute Gasteiger partial charge is 0.319 e. The number of nitrogens with two attached hydrogens (primary N) is 2. The number of nitrogens with zero attached hydrogens (tertiary/aromatic N) is 4. The maximum atomic E-state index is 13.0. The highest BCUT2D eigenvalue weighted by Crippen LogP contribution is 2.30. The molecule has 0 aliphatic carbocycles. The number of primary amides is 1. The first-order valence-electron chi connectivity index (χ1n) is 12.3. The quantitative estimate of drug-likeness (QED) is 0.360. The highest BCUT2D eigenvalue weighted by atomic mass is 16.5. The molecule has 37 heavy (non-hydrogen) atoms. The van der Waals surface area contributed by atoms with Gasteiger partial charge in [0.05, 0.1) is 23.9 Å². The van der Waals surface area contributed by atoms with E-state index >= 15 is 0 Å². The summed E-state index contributed by atoms with van der Waals surface area (Å²) in [5.74, 6) is -0.429. The number of aliphatic hydroxyl groups is 1. The summed E-state index contributed by atoms with van der Waals surface area (Å²) in [7, 11) is 1.57. The molecule has 0 unspecified atom stereocenters. The Morgan fingerprint density at radius 2 is 1.89 bits per heavy atom. The lowest BCUT2D eigenvalue weighted by molar-refractivity contribution is 0.0406. The summed E-state index contributed by atoms with van der Waals surface area (Å²) in [6.45, 7) is 8.38. The third kappa shape index (κ3) is 7.26. The first kappa shape index (κ1) is 28.1. The highest BCUT2D eigenvalue weighted by molar-refractivity contribution is 5.95. The number of ether oxygens (including phenoxy) is 2. The Morgan fingerprint density at radius 3 is 2.49 bits per heavy atom. The molecule has 202 valence electrons. The lowest BCUT2D eigenvalue weighted by atomic mass is 9.92. The van der Waals surface area contributed by atoms with Crippen LogP contribution in [0.2, 0.25) is 0 Å². The Morgan fingerprint density at radius 1 is 1.22 bits per heavy atom. The van der Waals surface area contributed by atoms with Crippen LogP contribution in [0.1, 0.15) is 73.1 Å². The summed E-state index contributed by atoms with van der Waals surface area (Å²) < 4.78 is 11.0. The van der Waals surface area contributed by atoms with Crippen LogP contribution >= 0.6 is 0 Å². The number of rotatable bonds is 10. The molecule has 0 radical (unpaired) electrons. The van der Waals surface area contributed by atoms with Gasteiger partial charge in [-0.1, -0.05) is 0 Å². The summed E-state index contributed by atoms with van der Waals surface area (Å²) in [4.78, 5) is 39.9. The molecule has 0 bridgehead atoms. The number of hydrogen-bond acceptors (Lipinski definition) is 10. The van der Waals surface area contributed by atoms with E-state index in [4.69, 9.17) is 20.9 Å². The van der Waals surface area contributed by atoms with Crippen molar-refractivity contribution in [1.29, 1.82) is 0 Å². The fraction of sp³-hybridized carbons (Fsp3) is 0.560. The SMILES string of the molecule is COC[C@@H](C)Oc1nc(C(=O)N[C@H](C)C(C)(C)O)cc(N2CCC(c3ccc(N)c(C(N)=O)n3)CC2)n1. The molecule has 12 heteroatoms. The van der Waals surface area contributed by atoms with Gasteiger partial charge in [0, 0.05) is 37.9 Å². The van der Waals surface area contributed by atoms with Crippen LogP contribution in [-0.2, 0) is 4.74 Å². The van der Waals surface area contributed by atoms with E-state index in [1.807, 2.05) is 13.0 Å². The Balaban J connectivity index is 1.81. The molecule has 0 saturated carbocycles. The van der Waals surface area contributed by atoms with Crippen molar-refractivity contribution in [2.24, 2.45) is 5.73 Å². The number of amides is 2. The van der Waals surface area contributed by atoms with Crippen LogP contribution in [-0.4, -0.2) is 76.4 Å². The van der Waals surface area contributed by atoms with Crippen molar-refractivity contribution in [3.05, 3.63) is 35.3 Å². The predicted molar refractivity (Wildman–Crippen MR) is 139 cm³/mol. The largest absolute Gasteiger partial charge is 0.458 e. The van der Waals surface area contributed by atoms with Crippen molar-refractivity contribution < 1.29 is 24.2 Å². The number of aromatic nitrogens is 3. The number of carbonyl (C=O) groups is 2. The second kappa shape index (κ2) is 11.7. The lowest BCUT2D eigenvalue weighted by Gasteiger charge is -2.33. The molecule has 2 atom stereocenters. The first-order chi connectivity index (χ1) is 17.4. The number of methoxy groups -OCH3 is 1. The van der Waals surface area contributed by atoms with E-state index in [0.717, 1.165) is 18.5 Å². The van der Waals surface area contributed by atoms with E-state index in [1.54, 1.807) is 40.0 Å². The molecule has 2 aromatic rings. The fourth-order valence-electron chi connectivity index (χ4n) is 3.95. The monoisotopic (exact) mass is 515 g/mol. The molecule has 3 heterocycles. The molecule has 1 saturated heterocycles. The second-order valence-corrected chi connectivity index (χ2v) is 9.93. The van der Waals surface area contributed by atoms with Gasteiger partial charge < -0.3 is 36.3 Å². The van der Waals surface area contributed by atoms with Crippen LogP contribution in [0.5, 0.6) is 6.01 Å². The normalized spacial score (nSPS) is 16.2. The van der Waals surface area contributed by atoms with Crippen LogP contribution in [0.15, 0.2) is 18.2 Å². The first-order valence-corrected chi connectivity index (χ1v) is 12.3. The fourth-order valence-corrected chi connectivity index (χ4v) is 3.95. The molecule has 2 amide bonds. The summed E-state index contributed by atoms with van der Waals surface area (Å²) in [5.41, 5.74) is 11.4. The van der Waals surface area contributed by atoms with E-state index in [9.17, 15) is 14.7 Å². The number of nitrogen functional groups attached to an aromatic ring is 1. The average molecular weight is 516 g/mol. The molecule has 1 aliphatic heterocycles. The Labute approximate surface area is 216 Å². The number of nitrogens with one attached hydrogen (secondary N) is 1. The van der Waals surface area contributed by atoms with E-state index < -0.39 is 23.5 Å². The summed E-state index contributed by atoms with van der Waals surface area (Å²) >= 11 is 0. The van der Waals surface area contributed by atoms with Crippen molar-refractivity contribution in [3.8, 4) is 6.01 Å². The van der Waals surface area contributed by atoms with Gasteiger partial charge in [-0.25, -0.2) is 4.98 Å². The van der Waals surface area contributed by atoms with Crippen molar-refractivity contribution in [3.63, 3.8) is 0 Å². The van der Waals surface area contributed by atoms with Gasteiger partial charge in [0.25, 0.3) is 11.8 Å². The number of pyridine rings is 1. The Kier molecular flexibility index (Phi) is 8.87. The second-order valence-electron chi connectivity index (χ2n) is 9.93. The molecule has 2 aromatic heterocycles. The molecule has 0 spiro atoms. The standard InChI is InChI=1S/C25H37N7O5/c1-14(13-36-5)37-24-30-19(23(34)28-15(2)25(3,4)35)12-20(31-24)32-10-8-16(9-11-32)18-7-6-17(26)21(29-18)22(27)33/h6-7,12,14-16,35H,8-11,13,26H2,1-5H3,(H2,27,33)(H,28,34)/t14-,15-/m1/s1. The summed E-state index contributed by atoms with van der Waals surface area (Å²) in [5, 5.41) is 13.0. The highest BCUT2D eigenvalue weighted by Gasteiger charge is 2.28. The topological polar surface area (TPSA) is 179 Å². The Hall–Kier alpha value is -3.51. The van der Waals surface area contributed by atoms with Crippen molar-refractivity contribution in [2.75, 3.05) is 37.4 Å². The van der Waals surface area contributed by atoms with Gasteiger partial charge in [-0.3, -0.25) is 9.59 Å². The van der Waals surface area contributed by atoms with Gasteiger partial charge in [0.1, 0.15) is 17.6 Å². The van der Waals surface area contributed by atoms with E-state index in [1.165, 1.54) is 0 Å².